The molecule has 0 N–H and O–H groups in total. The Kier molecular flexibility index (Phi) is 7.00. The lowest BCUT2D eigenvalue weighted by Crippen LogP contribution is -2.48. The molecule has 1 aliphatic carbocycles. The highest BCUT2D eigenvalue weighted by atomic mass is 32.2. The molecule has 2 aliphatic rings. The van der Waals surface area contributed by atoms with E-state index in [1.165, 1.54) is 5.56 Å². The molecule has 6 nitrogen and oxygen atoms in total. The first-order valence-corrected chi connectivity index (χ1v) is 13.7. The molecule has 3 aromatic rings. The minimum absolute atomic E-state index is 0.110. The summed E-state index contributed by atoms with van der Waals surface area (Å²) in [6.45, 7) is 3.59. The average molecular weight is 490 g/mol. The van der Waals surface area contributed by atoms with Crippen LogP contribution in [-0.4, -0.2) is 60.7 Å². The fourth-order valence-electron chi connectivity index (χ4n) is 4.61. The van der Waals surface area contributed by atoms with Gasteiger partial charge in [0.15, 0.2) is 0 Å². The third kappa shape index (κ3) is 5.64. The van der Waals surface area contributed by atoms with Crippen LogP contribution in [0.4, 0.5) is 0 Å². The number of carbonyl (C=O) groups is 1. The van der Waals surface area contributed by atoms with Crippen LogP contribution in [0.5, 0.6) is 0 Å². The van der Waals surface area contributed by atoms with E-state index < -0.39 is 10.0 Å². The summed E-state index contributed by atoms with van der Waals surface area (Å²) in [6, 6.07) is 26.9. The molecular weight excluding hydrogens is 458 g/mol. The number of piperazine rings is 1. The lowest BCUT2D eigenvalue weighted by atomic mass is 10.1. The van der Waals surface area contributed by atoms with E-state index in [2.05, 4.69) is 17.0 Å². The van der Waals surface area contributed by atoms with Gasteiger partial charge in [-0.25, -0.2) is 8.42 Å². The maximum Gasteiger partial charge on any atom is 0.254 e. The molecule has 0 aromatic heterocycles. The minimum atomic E-state index is -3.67. The molecule has 0 bridgehead atoms. The van der Waals surface area contributed by atoms with Crippen LogP contribution in [0.3, 0.4) is 0 Å². The number of benzene rings is 3. The molecule has 1 heterocycles. The second-order valence-electron chi connectivity index (χ2n) is 9.34. The number of sulfonamides is 1. The first kappa shape index (κ1) is 23.7. The van der Waals surface area contributed by atoms with Crippen LogP contribution in [0.1, 0.15) is 34.3 Å². The van der Waals surface area contributed by atoms with Gasteiger partial charge in [0.05, 0.1) is 4.90 Å². The van der Waals surface area contributed by atoms with E-state index in [0.717, 1.165) is 24.9 Å². The molecule has 0 spiro atoms. The molecule has 0 radical (unpaired) electrons. The lowest BCUT2D eigenvalue weighted by Gasteiger charge is -2.34. The van der Waals surface area contributed by atoms with Gasteiger partial charge in [-0.2, -0.15) is 4.31 Å². The molecule has 0 atom stereocenters. The van der Waals surface area contributed by atoms with Crippen molar-refractivity contribution >= 4 is 15.9 Å². The summed E-state index contributed by atoms with van der Waals surface area (Å²) in [6.07, 6.45) is 1.98. The third-order valence-electron chi connectivity index (χ3n) is 6.74. The Labute approximate surface area is 207 Å². The largest absolute Gasteiger partial charge is 0.331 e. The summed E-state index contributed by atoms with van der Waals surface area (Å²) < 4.78 is 28.4. The van der Waals surface area contributed by atoms with Crippen LogP contribution in [0.25, 0.3) is 0 Å². The number of nitrogens with zero attached hydrogens (tertiary/aromatic N) is 3. The summed E-state index contributed by atoms with van der Waals surface area (Å²) in [7, 11) is -3.67. The van der Waals surface area contributed by atoms with Gasteiger partial charge in [-0.3, -0.25) is 9.69 Å². The molecule has 182 valence electrons. The van der Waals surface area contributed by atoms with Gasteiger partial charge in [-0.15, -0.1) is 0 Å². The summed E-state index contributed by atoms with van der Waals surface area (Å²) in [5.41, 5.74) is 2.73. The van der Waals surface area contributed by atoms with Gasteiger partial charge in [-0.1, -0.05) is 66.7 Å². The molecule has 1 aliphatic heterocycles. The average Bonchev–Trinajstić information content (AvgIpc) is 3.74. The number of hydrogen-bond acceptors (Lipinski definition) is 4. The maximum atomic E-state index is 13.4. The van der Waals surface area contributed by atoms with E-state index in [1.54, 1.807) is 28.6 Å². The highest BCUT2D eigenvalue weighted by Gasteiger charge is 2.34. The van der Waals surface area contributed by atoms with Crippen molar-refractivity contribution in [3.05, 3.63) is 102 Å². The first-order valence-electron chi connectivity index (χ1n) is 12.2. The van der Waals surface area contributed by atoms with E-state index in [9.17, 15) is 13.2 Å². The van der Waals surface area contributed by atoms with E-state index in [1.807, 2.05) is 53.4 Å². The summed E-state index contributed by atoms with van der Waals surface area (Å²) in [5, 5.41) is 0. The molecule has 2 fully saturated rings. The number of amides is 1. The topological polar surface area (TPSA) is 60.9 Å². The molecule has 1 amide bonds. The minimum Gasteiger partial charge on any atom is -0.331 e. The highest BCUT2D eigenvalue weighted by molar-refractivity contribution is 7.89. The van der Waals surface area contributed by atoms with Crippen molar-refractivity contribution in [1.82, 2.24) is 14.1 Å². The molecule has 3 aromatic carbocycles. The molecule has 35 heavy (non-hydrogen) atoms. The van der Waals surface area contributed by atoms with Gasteiger partial charge in [0.25, 0.3) is 5.91 Å². The molecular formula is C28H31N3O3S. The lowest BCUT2D eigenvalue weighted by molar-refractivity contribution is 0.0729. The Bertz CT molecular complexity index is 1250. The van der Waals surface area contributed by atoms with Gasteiger partial charge in [-0.05, 0) is 42.2 Å². The van der Waals surface area contributed by atoms with Crippen molar-refractivity contribution in [2.45, 2.75) is 36.9 Å². The number of hydrogen-bond donors (Lipinski definition) is 0. The number of rotatable bonds is 8. The zero-order valence-corrected chi connectivity index (χ0v) is 20.6. The zero-order valence-electron chi connectivity index (χ0n) is 19.8. The predicted molar refractivity (Wildman–Crippen MR) is 136 cm³/mol. The van der Waals surface area contributed by atoms with Gasteiger partial charge >= 0.3 is 0 Å². The normalized spacial score (nSPS) is 17.3. The van der Waals surface area contributed by atoms with E-state index in [4.69, 9.17) is 0 Å². The van der Waals surface area contributed by atoms with Crippen LogP contribution in [0.15, 0.2) is 89.8 Å². The first-order chi connectivity index (χ1) is 17.0. The summed E-state index contributed by atoms with van der Waals surface area (Å²) in [4.78, 5) is 17.8. The number of carbonyl (C=O) groups excluding carboxylic acids is 1. The SMILES string of the molecule is O=C(c1cccc(S(=O)(=O)N2CCN(Cc3ccccc3)CC2)c1)N(Cc1ccccc1)C1CC1. The smallest absolute Gasteiger partial charge is 0.254 e. The third-order valence-corrected chi connectivity index (χ3v) is 8.64. The monoisotopic (exact) mass is 489 g/mol. The van der Waals surface area contributed by atoms with Gasteiger partial charge < -0.3 is 4.90 Å². The second kappa shape index (κ2) is 10.3. The molecule has 7 heteroatoms. The van der Waals surface area contributed by atoms with Gasteiger partial charge in [0.1, 0.15) is 0 Å². The summed E-state index contributed by atoms with van der Waals surface area (Å²) in [5.74, 6) is -0.110. The van der Waals surface area contributed by atoms with Crippen LogP contribution in [0.2, 0.25) is 0 Å². The quantitative estimate of drug-likeness (QED) is 0.480. The van der Waals surface area contributed by atoms with Crippen molar-refractivity contribution in [3.8, 4) is 0 Å². The Morgan fingerprint density at radius 1 is 0.800 bits per heavy atom. The second-order valence-corrected chi connectivity index (χ2v) is 11.3. The molecule has 1 saturated carbocycles. The van der Waals surface area contributed by atoms with Crippen LogP contribution >= 0.6 is 0 Å². The van der Waals surface area contributed by atoms with E-state index in [-0.39, 0.29) is 16.8 Å². The molecule has 5 rings (SSSR count). The molecule has 0 unspecified atom stereocenters. The van der Waals surface area contributed by atoms with E-state index in [0.29, 0.717) is 38.3 Å². The van der Waals surface area contributed by atoms with Crippen molar-refractivity contribution < 1.29 is 13.2 Å². The van der Waals surface area contributed by atoms with Gasteiger partial charge in [0, 0.05) is 50.9 Å². The fourth-order valence-corrected chi connectivity index (χ4v) is 6.08. The van der Waals surface area contributed by atoms with Crippen molar-refractivity contribution in [2.75, 3.05) is 26.2 Å². The van der Waals surface area contributed by atoms with Crippen LogP contribution < -0.4 is 0 Å². The van der Waals surface area contributed by atoms with Gasteiger partial charge in [0.2, 0.25) is 10.0 Å². The van der Waals surface area contributed by atoms with Crippen molar-refractivity contribution in [1.29, 1.82) is 0 Å². The Morgan fingerprint density at radius 2 is 1.43 bits per heavy atom. The van der Waals surface area contributed by atoms with Crippen LogP contribution in [-0.2, 0) is 23.1 Å². The Morgan fingerprint density at radius 3 is 2.06 bits per heavy atom. The summed E-state index contributed by atoms with van der Waals surface area (Å²) >= 11 is 0. The van der Waals surface area contributed by atoms with E-state index >= 15 is 0 Å². The van der Waals surface area contributed by atoms with Crippen molar-refractivity contribution in [3.63, 3.8) is 0 Å². The standard InChI is InChI=1S/C28H31N3O3S/c32-28(31(26-14-15-26)22-24-10-5-2-6-11-24)25-12-7-13-27(20-25)35(33,34)30-18-16-29(17-19-30)21-23-8-3-1-4-9-23/h1-13,20,26H,14-19,21-22H2. The van der Waals surface area contributed by atoms with Crippen LogP contribution in [0, 0.1) is 0 Å². The Hall–Kier alpha value is -3.00. The zero-order chi connectivity index (χ0) is 24.3. The predicted octanol–water partition coefficient (Wildman–Crippen LogP) is 4.00. The fraction of sp³-hybridized carbons (Fsp3) is 0.321. The highest BCUT2D eigenvalue weighted by Crippen LogP contribution is 2.30. The molecule has 1 saturated heterocycles. The van der Waals surface area contributed by atoms with Crippen molar-refractivity contribution in [2.24, 2.45) is 0 Å². The Balaban J connectivity index is 1.27. The maximum absolute atomic E-state index is 13.4.